The number of aliphatic hydroxyl groups is 2. The van der Waals surface area contributed by atoms with Crippen LogP contribution in [0.2, 0.25) is 0 Å². The van der Waals surface area contributed by atoms with Crippen molar-refractivity contribution >= 4 is 40.4 Å². The fourth-order valence-electron chi connectivity index (χ4n) is 2.53. The van der Waals surface area contributed by atoms with Crippen LogP contribution in [-0.4, -0.2) is 52.5 Å². The first-order chi connectivity index (χ1) is 12.7. The molecular formula is C19H21IO7. The average Bonchev–Trinajstić information content (AvgIpc) is 2.63. The van der Waals surface area contributed by atoms with E-state index >= 15 is 0 Å². The summed E-state index contributed by atoms with van der Waals surface area (Å²) in [6, 6.07) is 2.85. The second kappa shape index (κ2) is 9.34. The monoisotopic (exact) mass is 488 g/mol. The maximum absolute atomic E-state index is 12.5. The number of carbonyl (C=O) groups is 2. The number of ether oxygens (including phenoxy) is 2. The molecule has 7 nitrogen and oxygen atoms in total. The molecule has 146 valence electrons. The molecule has 1 aromatic rings. The summed E-state index contributed by atoms with van der Waals surface area (Å²) in [5.41, 5.74) is 0.306. The van der Waals surface area contributed by atoms with Crippen LogP contribution in [0.4, 0.5) is 0 Å². The van der Waals surface area contributed by atoms with Crippen LogP contribution < -0.4 is 4.74 Å². The van der Waals surface area contributed by atoms with Crippen LogP contribution in [0.25, 0.3) is 6.08 Å². The first-order valence-corrected chi connectivity index (χ1v) is 9.37. The topological polar surface area (TPSA) is 113 Å². The minimum atomic E-state index is -1.56. The molecule has 0 aliphatic carbocycles. The normalized spacial score (nSPS) is 27.6. The number of esters is 1. The highest BCUT2D eigenvalue weighted by molar-refractivity contribution is 14.1. The van der Waals surface area contributed by atoms with Crippen LogP contribution in [0.5, 0.6) is 11.5 Å². The Morgan fingerprint density at radius 3 is 2.59 bits per heavy atom. The fraction of sp³-hybridized carbons (Fsp3) is 0.368. The van der Waals surface area contributed by atoms with Gasteiger partial charge in [-0.15, -0.1) is 0 Å². The summed E-state index contributed by atoms with van der Waals surface area (Å²) in [5, 5.41) is 30.3. The van der Waals surface area contributed by atoms with E-state index in [1.165, 1.54) is 31.4 Å². The molecule has 0 saturated carbocycles. The van der Waals surface area contributed by atoms with Crippen LogP contribution in [0.3, 0.4) is 0 Å². The molecule has 0 spiro atoms. The van der Waals surface area contributed by atoms with Gasteiger partial charge in [-0.2, -0.15) is 0 Å². The minimum absolute atomic E-state index is 0.0271. The van der Waals surface area contributed by atoms with E-state index in [0.717, 1.165) is 0 Å². The number of methoxy groups -OCH3 is 1. The Hall–Kier alpha value is -1.91. The molecule has 1 aliphatic heterocycles. The van der Waals surface area contributed by atoms with E-state index in [2.05, 4.69) is 0 Å². The third kappa shape index (κ3) is 5.30. The number of aliphatic hydroxyl groups excluding tert-OH is 2. The number of phenols is 1. The second-order valence-electron chi connectivity index (χ2n) is 6.13. The van der Waals surface area contributed by atoms with E-state index in [-0.39, 0.29) is 27.7 Å². The molecule has 2 rings (SSSR count). The number of ketones is 1. The zero-order chi connectivity index (χ0) is 20.1. The Kier molecular flexibility index (Phi) is 7.40. The van der Waals surface area contributed by atoms with E-state index < -0.39 is 30.1 Å². The number of fused-ring (bicyclic) bond motifs is 1. The number of halogens is 1. The number of Topliss-reactive ketones (excluding diaryl/α,β-unsaturated/α-hetero) is 1. The van der Waals surface area contributed by atoms with Gasteiger partial charge in [0, 0.05) is 12.5 Å². The Bertz CT molecular complexity index is 785. The smallest absolute Gasteiger partial charge is 0.342 e. The van der Waals surface area contributed by atoms with Gasteiger partial charge >= 0.3 is 5.97 Å². The van der Waals surface area contributed by atoms with Crippen molar-refractivity contribution in [1.82, 2.24) is 0 Å². The highest BCUT2D eigenvalue weighted by Crippen LogP contribution is 2.30. The molecule has 3 atom stereocenters. The molecular weight excluding hydrogens is 467 g/mol. The Labute approximate surface area is 170 Å². The number of hydrogen-bond acceptors (Lipinski definition) is 7. The van der Waals surface area contributed by atoms with Crippen molar-refractivity contribution in [3.63, 3.8) is 0 Å². The standard InChI is InChI=1S/C19H21IO7/c1-10-6-7-13(20)17(23)18(24)14(21)5-3-4-11-8-12(26-2)9-15(22)16(11)19(25)27-10/h3-4,7-10,14,18,21-22,24H,5-6H2,1-2H3/b4-3+,13-7+. The van der Waals surface area contributed by atoms with Gasteiger partial charge in [-0.25, -0.2) is 4.79 Å². The average molecular weight is 488 g/mol. The van der Waals surface area contributed by atoms with E-state index in [0.29, 0.717) is 11.3 Å². The lowest BCUT2D eigenvalue weighted by Gasteiger charge is -2.17. The molecule has 0 saturated heterocycles. The molecule has 1 aliphatic rings. The number of phenolic OH excluding ortho intramolecular Hbond substituents is 1. The van der Waals surface area contributed by atoms with Gasteiger partial charge < -0.3 is 24.8 Å². The van der Waals surface area contributed by atoms with Gasteiger partial charge in [0.1, 0.15) is 29.3 Å². The summed E-state index contributed by atoms with van der Waals surface area (Å²) < 4.78 is 10.7. The number of cyclic esters (lactones) is 1. The SMILES string of the molecule is COc1cc(O)c2c(c1)/C=C/CC(O)C(O)C(=O)/C(I)=C\CC(C)OC2=O. The van der Waals surface area contributed by atoms with Crippen molar-refractivity contribution in [3.8, 4) is 11.5 Å². The molecule has 1 aromatic carbocycles. The molecule has 0 fully saturated rings. The minimum Gasteiger partial charge on any atom is -0.507 e. The van der Waals surface area contributed by atoms with Gasteiger partial charge in [0.2, 0.25) is 0 Å². The predicted octanol–water partition coefficient (Wildman–Crippen LogP) is 2.36. The zero-order valence-corrected chi connectivity index (χ0v) is 17.0. The fourth-order valence-corrected chi connectivity index (χ4v) is 3.11. The quantitative estimate of drug-likeness (QED) is 0.411. The molecule has 0 radical (unpaired) electrons. The third-order valence-electron chi connectivity index (χ3n) is 4.04. The summed E-state index contributed by atoms with van der Waals surface area (Å²) >= 11 is 1.78. The number of rotatable bonds is 1. The Balaban J connectivity index is 2.48. The maximum atomic E-state index is 12.5. The van der Waals surface area contributed by atoms with E-state index in [1.54, 1.807) is 35.6 Å². The molecule has 3 N–H and O–H groups in total. The number of carbonyl (C=O) groups excluding carboxylic acids is 2. The van der Waals surface area contributed by atoms with Gasteiger partial charge in [-0.1, -0.05) is 18.2 Å². The predicted molar refractivity (Wildman–Crippen MR) is 107 cm³/mol. The summed E-state index contributed by atoms with van der Waals surface area (Å²) in [5.74, 6) is -1.26. The Morgan fingerprint density at radius 2 is 1.93 bits per heavy atom. The van der Waals surface area contributed by atoms with E-state index in [1.807, 2.05) is 0 Å². The van der Waals surface area contributed by atoms with Crippen molar-refractivity contribution in [2.24, 2.45) is 0 Å². The van der Waals surface area contributed by atoms with Gasteiger partial charge in [-0.05, 0) is 47.6 Å². The summed E-state index contributed by atoms with van der Waals surface area (Å²) in [7, 11) is 1.42. The summed E-state index contributed by atoms with van der Waals surface area (Å²) in [4.78, 5) is 24.7. The lowest BCUT2D eigenvalue weighted by atomic mass is 10.0. The number of hydrogen-bond donors (Lipinski definition) is 3. The Morgan fingerprint density at radius 1 is 1.22 bits per heavy atom. The molecule has 27 heavy (non-hydrogen) atoms. The highest BCUT2D eigenvalue weighted by Gasteiger charge is 2.26. The van der Waals surface area contributed by atoms with Gasteiger partial charge in [0.15, 0.2) is 5.78 Å². The first kappa shape index (κ1) is 21.4. The highest BCUT2D eigenvalue weighted by atomic mass is 127. The molecule has 0 aromatic heterocycles. The maximum Gasteiger partial charge on any atom is 0.342 e. The van der Waals surface area contributed by atoms with Crippen LogP contribution in [0.1, 0.15) is 35.7 Å². The summed E-state index contributed by atoms with van der Waals surface area (Å²) in [6.45, 7) is 1.65. The molecule has 0 bridgehead atoms. The van der Waals surface area contributed by atoms with E-state index in [9.17, 15) is 24.9 Å². The molecule has 8 heteroatoms. The third-order valence-corrected chi connectivity index (χ3v) is 5.01. The van der Waals surface area contributed by atoms with Crippen molar-refractivity contribution < 1.29 is 34.4 Å². The first-order valence-electron chi connectivity index (χ1n) is 8.29. The second-order valence-corrected chi connectivity index (χ2v) is 7.29. The lowest BCUT2D eigenvalue weighted by Crippen LogP contribution is -2.33. The van der Waals surface area contributed by atoms with Gasteiger partial charge in [0.25, 0.3) is 0 Å². The van der Waals surface area contributed by atoms with Crippen molar-refractivity contribution in [1.29, 1.82) is 0 Å². The van der Waals surface area contributed by atoms with Gasteiger partial charge in [0.05, 0.1) is 16.8 Å². The van der Waals surface area contributed by atoms with Crippen molar-refractivity contribution in [2.45, 2.75) is 38.1 Å². The van der Waals surface area contributed by atoms with Gasteiger partial charge in [-0.3, -0.25) is 4.79 Å². The summed E-state index contributed by atoms with van der Waals surface area (Å²) in [6.07, 6.45) is 1.30. The largest absolute Gasteiger partial charge is 0.507 e. The van der Waals surface area contributed by atoms with Crippen molar-refractivity contribution in [3.05, 3.63) is 39.0 Å². The molecule has 1 heterocycles. The lowest BCUT2D eigenvalue weighted by molar-refractivity contribution is -0.127. The van der Waals surface area contributed by atoms with Crippen molar-refractivity contribution in [2.75, 3.05) is 7.11 Å². The van der Waals surface area contributed by atoms with Crippen LogP contribution in [0, 0.1) is 0 Å². The molecule has 0 amide bonds. The van der Waals surface area contributed by atoms with E-state index in [4.69, 9.17) is 9.47 Å². The van der Waals surface area contributed by atoms with Crippen LogP contribution in [-0.2, 0) is 9.53 Å². The molecule has 3 unspecified atom stereocenters. The zero-order valence-electron chi connectivity index (χ0n) is 14.9. The number of benzene rings is 1. The number of aromatic hydroxyl groups is 1. The van der Waals surface area contributed by atoms with Crippen LogP contribution >= 0.6 is 22.6 Å². The van der Waals surface area contributed by atoms with Crippen LogP contribution in [0.15, 0.2) is 27.9 Å².